The van der Waals surface area contributed by atoms with Gasteiger partial charge in [-0.05, 0) is 6.07 Å². The third-order valence-corrected chi connectivity index (χ3v) is 2.78. The first kappa shape index (κ1) is 9.53. The number of nitrogens with zero attached hydrogens (tertiary/aromatic N) is 2. The average molecular weight is 224 g/mol. The van der Waals surface area contributed by atoms with Crippen LogP contribution >= 0.6 is 11.3 Å². The van der Waals surface area contributed by atoms with Crippen molar-refractivity contribution >= 4 is 28.8 Å². The SMILES string of the molecule is Nc1cnn(-c2cc(C(=O)O)cs2)c1N. The number of aromatic nitrogens is 2. The Labute approximate surface area is 88.7 Å². The van der Waals surface area contributed by atoms with Gasteiger partial charge in [-0.2, -0.15) is 5.10 Å². The second-order valence-corrected chi connectivity index (χ2v) is 3.77. The molecule has 0 saturated carbocycles. The van der Waals surface area contributed by atoms with Crippen LogP contribution < -0.4 is 11.5 Å². The van der Waals surface area contributed by atoms with Crippen molar-refractivity contribution in [2.24, 2.45) is 0 Å². The fraction of sp³-hybridized carbons (Fsp3) is 0. The maximum Gasteiger partial charge on any atom is 0.336 e. The van der Waals surface area contributed by atoms with Gasteiger partial charge < -0.3 is 16.6 Å². The normalized spacial score (nSPS) is 10.4. The molecule has 0 unspecified atom stereocenters. The number of nitrogens with two attached hydrogens (primary N) is 2. The molecule has 6 nitrogen and oxygen atoms in total. The van der Waals surface area contributed by atoms with Gasteiger partial charge in [-0.1, -0.05) is 0 Å². The minimum atomic E-state index is -0.976. The number of nitrogen functional groups attached to an aromatic ring is 2. The quantitative estimate of drug-likeness (QED) is 0.699. The molecule has 0 atom stereocenters. The summed E-state index contributed by atoms with van der Waals surface area (Å²) in [5.74, 6) is -0.662. The fourth-order valence-corrected chi connectivity index (χ4v) is 1.95. The molecular formula is C8H8N4O2S. The van der Waals surface area contributed by atoms with Crippen molar-refractivity contribution < 1.29 is 9.90 Å². The summed E-state index contributed by atoms with van der Waals surface area (Å²) < 4.78 is 1.41. The highest BCUT2D eigenvalue weighted by Crippen LogP contribution is 2.24. The molecule has 0 fully saturated rings. The topological polar surface area (TPSA) is 107 Å². The summed E-state index contributed by atoms with van der Waals surface area (Å²) in [6.07, 6.45) is 1.43. The van der Waals surface area contributed by atoms with Gasteiger partial charge in [0.05, 0.1) is 17.4 Å². The van der Waals surface area contributed by atoms with E-state index in [4.69, 9.17) is 16.6 Å². The van der Waals surface area contributed by atoms with Crippen LogP contribution in [0.25, 0.3) is 5.00 Å². The van der Waals surface area contributed by atoms with Gasteiger partial charge in [0.2, 0.25) is 0 Å². The lowest BCUT2D eigenvalue weighted by molar-refractivity contribution is 0.0697. The first-order valence-electron chi connectivity index (χ1n) is 4.01. The van der Waals surface area contributed by atoms with Crippen molar-refractivity contribution in [1.29, 1.82) is 0 Å². The van der Waals surface area contributed by atoms with Crippen molar-refractivity contribution in [3.8, 4) is 5.00 Å². The molecule has 0 aliphatic rings. The largest absolute Gasteiger partial charge is 0.478 e. The van der Waals surface area contributed by atoms with E-state index in [0.717, 1.165) is 0 Å². The predicted molar refractivity (Wildman–Crippen MR) is 57.2 cm³/mol. The molecule has 0 radical (unpaired) electrons. The minimum Gasteiger partial charge on any atom is -0.478 e. The molecule has 2 aromatic heterocycles. The highest BCUT2D eigenvalue weighted by atomic mass is 32.1. The number of aromatic carboxylic acids is 1. The Morgan fingerprint density at radius 1 is 1.53 bits per heavy atom. The van der Waals surface area contributed by atoms with Crippen LogP contribution in [0.3, 0.4) is 0 Å². The number of hydrogen-bond acceptors (Lipinski definition) is 5. The number of carboxylic acid groups (broad SMARTS) is 1. The molecular weight excluding hydrogens is 216 g/mol. The van der Waals surface area contributed by atoms with Gasteiger partial charge in [-0.15, -0.1) is 11.3 Å². The van der Waals surface area contributed by atoms with Gasteiger partial charge >= 0.3 is 5.97 Å². The van der Waals surface area contributed by atoms with Gasteiger partial charge in [0.15, 0.2) is 5.82 Å². The average Bonchev–Trinajstić information content (AvgIpc) is 2.76. The van der Waals surface area contributed by atoms with Gasteiger partial charge in [-0.3, -0.25) is 0 Å². The summed E-state index contributed by atoms with van der Waals surface area (Å²) >= 11 is 1.24. The molecule has 0 aromatic carbocycles. The molecule has 2 rings (SSSR count). The zero-order chi connectivity index (χ0) is 11.0. The summed E-state index contributed by atoms with van der Waals surface area (Å²) in [6, 6.07) is 1.50. The number of hydrogen-bond donors (Lipinski definition) is 3. The number of thiophene rings is 1. The van der Waals surface area contributed by atoms with E-state index in [1.807, 2.05) is 0 Å². The van der Waals surface area contributed by atoms with Crippen LogP contribution in [-0.4, -0.2) is 20.9 Å². The standard InChI is InChI=1S/C8H8N4O2S/c9-5-2-11-12(7(5)10)6-1-4(3-15-6)8(13)14/h1-3H,9-10H2,(H,13,14). The molecule has 0 aliphatic heterocycles. The zero-order valence-corrected chi connectivity index (χ0v) is 8.36. The van der Waals surface area contributed by atoms with E-state index in [0.29, 0.717) is 16.5 Å². The Morgan fingerprint density at radius 2 is 2.27 bits per heavy atom. The Bertz CT molecular complexity index is 516. The molecule has 2 aromatic rings. The van der Waals surface area contributed by atoms with Crippen LogP contribution in [0.15, 0.2) is 17.6 Å². The van der Waals surface area contributed by atoms with E-state index in [2.05, 4.69) is 5.10 Å². The highest BCUT2D eigenvalue weighted by molar-refractivity contribution is 7.12. The van der Waals surface area contributed by atoms with Gasteiger partial charge in [0, 0.05) is 5.38 Å². The Morgan fingerprint density at radius 3 is 2.73 bits per heavy atom. The minimum absolute atomic E-state index is 0.212. The second-order valence-electron chi connectivity index (χ2n) is 2.88. The van der Waals surface area contributed by atoms with Crippen molar-refractivity contribution in [3.05, 3.63) is 23.2 Å². The summed E-state index contributed by atoms with van der Waals surface area (Å²) in [6.45, 7) is 0. The Balaban J connectivity index is 2.46. The smallest absolute Gasteiger partial charge is 0.336 e. The molecule has 15 heavy (non-hydrogen) atoms. The summed E-state index contributed by atoms with van der Waals surface area (Å²) in [4.78, 5) is 10.7. The fourth-order valence-electron chi connectivity index (χ4n) is 1.09. The number of carboxylic acids is 1. The van der Waals surface area contributed by atoms with Crippen molar-refractivity contribution in [2.45, 2.75) is 0 Å². The van der Waals surface area contributed by atoms with E-state index in [1.165, 1.54) is 33.7 Å². The van der Waals surface area contributed by atoms with Gasteiger partial charge in [0.25, 0.3) is 0 Å². The van der Waals surface area contributed by atoms with Crippen LogP contribution in [0.4, 0.5) is 11.5 Å². The molecule has 0 spiro atoms. The Kier molecular flexibility index (Phi) is 2.09. The number of anilines is 2. The lowest BCUT2D eigenvalue weighted by atomic mass is 10.3. The third kappa shape index (κ3) is 1.52. The lowest BCUT2D eigenvalue weighted by Crippen LogP contribution is -2.01. The van der Waals surface area contributed by atoms with E-state index >= 15 is 0 Å². The Hall–Kier alpha value is -2.02. The molecule has 0 saturated heterocycles. The van der Waals surface area contributed by atoms with Crippen molar-refractivity contribution in [1.82, 2.24) is 9.78 Å². The van der Waals surface area contributed by atoms with E-state index in [9.17, 15) is 4.79 Å². The molecule has 0 amide bonds. The molecule has 2 heterocycles. The van der Waals surface area contributed by atoms with Crippen LogP contribution in [0.5, 0.6) is 0 Å². The summed E-state index contributed by atoms with van der Waals surface area (Å²) in [7, 11) is 0. The van der Waals surface area contributed by atoms with E-state index in [1.54, 1.807) is 0 Å². The van der Waals surface area contributed by atoms with Crippen molar-refractivity contribution in [2.75, 3.05) is 11.5 Å². The lowest BCUT2D eigenvalue weighted by Gasteiger charge is -1.98. The van der Waals surface area contributed by atoms with Gasteiger partial charge in [-0.25, -0.2) is 9.48 Å². The highest BCUT2D eigenvalue weighted by Gasteiger charge is 2.11. The van der Waals surface area contributed by atoms with E-state index < -0.39 is 5.97 Å². The van der Waals surface area contributed by atoms with Crippen LogP contribution in [0, 0.1) is 0 Å². The summed E-state index contributed by atoms with van der Waals surface area (Å²) in [5, 5.41) is 14.8. The first-order chi connectivity index (χ1) is 7.09. The van der Waals surface area contributed by atoms with E-state index in [-0.39, 0.29) is 5.56 Å². The molecule has 78 valence electrons. The first-order valence-corrected chi connectivity index (χ1v) is 4.88. The number of rotatable bonds is 2. The monoisotopic (exact) mass is 224 g/mol. The summed E-state index contributed by atoms with van der Waals surface area (Å²) in [5.41, 5.74) is 11.8. The molecule has 7 heteroatoms. The van der Waals surface area contributed by atoms with Crippen molar-refractivity contribution in [3.63, 3.8) is 0 Å². The van der Waals surface area contributed by atoms with Crippen LogP contribution in [0.2, 0.25) is 0 Å². The third-order valence-electron chi connectivity index (χ3n) is 1.88. The predicted octanol–water partition coefficient (Wildman–Crippen LogP) is 0.796. The molecule has 0 bridgehead atoms. The number of carbonyl (C=O) groups is 1. The second kappa shape index (κ2) is 3.28. The molecule has 0 aliphatic carbocycles. The zero-order valence-electron chi connectivity index (χ0n) is 7.54. The van der Waals surface area contributed by atoms with Crippen LogP contribution in [-0.2, 0) is 0 Å². The van der Waals surface area contributed by atoms with Gasteiger partial charge in [0.1, 0.15) is 5.00 Å². The maximum absolute atomic E-state index is 10.7. The molecule has 5 N–H and O–H groups in total. The maximum atomic E-state index is 10.7. The van der Waals surface area contributed by atoms with Crippen LogP contribution in [0.1, 0.15) is 10.4 Å².